The van der Waals surface area contributed by atoms with Gasteiger partial charge in [-0.05, 0) is 33.1 Å². The Morgan fingerprint density at radius 1 is 1.20 bits per heavy atom. The molecule has 1 N–H and O–H groups in total. The average molecular weight is 275 g/mol. The van der Waals surface area contributed by atoms with E-state index in [4.69, 9.17) is 14.7 Å². The maximum absolute atomic E-state index is 5.94. The zero-order valence-corrected chi connectivity index (χ0v) is 12.9. The number of fused-ring (bicyclic) bond motifs is 2. The third-order valence-electron chi connectivity index (χ3n) is 4.56. The van der Waals surface area contributed by atoms with Gasteiger partial charge in [-0.2, -0.15) is 0 Å². The molecule has 3 unspecified atom stereocenters. The van der Waals surface area contributed by atoms with Crippen LogP contribution in [0.3, 0.4) is 0 Å². The second-order valence-electron chi connectivity index (χ2n) is 6.48. The topological polar surface area (TPSA) is 47.0 Å². The molecular weight excluding hydrogens is 250 g/mol. The smallest absolute Gasteiger partial charge is 0.134 e. The van der Waals surface area contributed by atoms with Crippen LogP contribution in [0.2, 0.25) is 0 Å². The summed E-state index contributed by atoms with van der Waals surface area (Å²) in [6.45, 7) is 9.37. The van der Waals surface area contributed by atoms with Crippen molar-refractivity contribution < 1.29 is 4.74 Å². The van der Waals surface area contributed by atoms with Crippen molar-refractivity contribution in [2.45, 2.75) is 77.7 Å². The van der Waals surface area contributed by atoms with Crippen molar-refractivity contribution >= 4 is 0 Å². The highest BCUT2D eigenvalue weighted by Crippen LogP contribution is 2.43. The van der Waals surface area contributed by atoms with Crippen molar-refractivity contribution in [1.29, 1.82) is 0 Å². The van der Waals surface area contributed by atoms with E-state index >= 15 is 0 Å². The zero-order chi connectivity index (χ0) is 14.3. The summed E-state index contributed by atoms with van der Waals surface area (Å²) in [4.78, 5) is 9.56. The maximum atomic E-state index is 5.94. The molecule has 20 heavy (non-hydrogen) atoms. The van der Waals surface area contributed by atoms with Gasteiger partial charge in [0.1, 0.15) is 5.82 Å². The van der Waals surface area contributed by atoms with E-state index in [1.54, 1.807) is 0 Å². The molecule has 0 saturated carbocycles. The SMILES string of the molecule is Cc1nc(C2CC3CCC2O3)nc(C)c1CNC(C)C. The highest BCUT2D eigenvalue weighted by molar-refractivity contribution is 5.26. The van der Waals surface area contributed by atoms with Gasteiger partial charge in [0, 0.05) is 35.5 Å². The van der Waals surface area contributed by atoms with E-state index in [0.717, 1.165) is 30.2 Å². The van der Waals surface area contributed by atoms with Crippen molar-refractivity contribution in [3.63, 3.8) is 0 Å². The Balaban J connectivity index is 1.80. The number of ether oxygens (including phenoxy) is 1. The summed E-state index contributed by atoms with van der Waals surface area (Å²) < 4.78 is 5.94. The molecule has 2 aliphatic heterocycles. The van der Waals surface area contributed by atoms with Crippen LogP contribution in [-0.4, -0.2) is 28.2 Å². The Labute approximate surface area is 121 Å². The summed E-state index contributed by atoms with van der Waals surface area (Å²) in [5, 5.41) is 3.45. The molecule has 2 fully saturated rings. The standard InChI is InChI=1S/C16H25N3O/c1-9(2)17-8-14-10(3)18-16(19-11(14)4)13-7-12-5-6-15(13)20-12/h9,12-13,15,17H,5-8H2,1-4H3. The summed E-state index contributed by atoms with van der Waals surface area (Å²) in [6, 6.07) is 0.479. The lowest BCUT2D eigenvalue weighted by atomic mass is 9.88. The van der Waals surface area contributed by atoms with E-state index in [9.17, 15) is 0 Å². The highest BCUT2D eigenvalue weighted by Gasteiger charge is 2.43. The predicted octanol–water partition coefficient (Wildman–Crippen LogP) is 2.63. The normalized spacial score (nSPS) is 28.6. The first kappa shape index (κ1) is 14.0. The van der Waals surface area contributed by atoms with Gasteiger partial charge in [0.25, 0.3) is 0 Å². The molecule has 3 atom stereocenters. The van der Waals surface area contributed by atoms with Crippen LogP contribution in [0.15, 0.2) is 0 Å². The first-order valence-corrected chi connectivity index (χ1v) is 7.77. The first-order valence-electron chi connectivity index (χ1n) is 7.77. The van der Waals surface area contributed by atoms with Crippen LogP contribution in [0.4, 0.5) is 0 Å². The Morgan fingerprint density at radius 2 is 1.90 bits per heavy atom. The molecule has 0 radical (unpaired) electrons. The van der Waals surface area contributed by atoms with E-state index in [0.29, 0.717) is 24.2 Å². The van der Waals surface area contributed by atoms with Gasteiger partial charge in [-0.3, -0.25) is 0 Å². The molecule has 4 heteroatoms. The summed E-state index contributed by atoms with van der Waals surface area (Å²) in [5.74, 6) is 1.42. The average Bonchev–Trinajstić information content (AvgIpc) is 2.99. The minimum absolute atomic E-state index is 0.360. The van der Waals surface area contributed by atoms with E-state index in [2.05, 4.69) is 33.0 Å². The van der Waals surface area contributed by atoms with Gasteiger partial charge in [-0.15, -0.1) is 0 Å². The van der Waals surface area contributed by atoms with Gasteiger partial charge in [-0.25, -0.2) is 9.97 Å². The fraction of sp³-hybridized carbons (Fsp3) is 0.750. The van der Waals surface area contributed by atoms with Gasteiger partial charge in [0.05, 0.1) is 12.2 Å². The Morgan fingerprint density at radius 3 is 2.40 bits per heavy atom. The van der Waals surface area contributed by atoms with Crippen LogP contribution in [0.25, 0.3) is 0 Å². The molecule has 1 aromatic heterocycles. The number of hydrogen-bond donors (Lipinski definition) is 1. The van der Waals surface area contributed by atoms with Crippen molar-refractivity contribution in [3.05, 3.63) is 22.8 Å². The Hall–Kier alpha value is -1.00. The number of aromatic nitrogens is 2. The molecular formula is C16H25N3O. The molecule has 2 bridgehead atoms. The van der Waals surface area contributed by atoms with Gasteiger partial charge in [-0.1, -0.05) is 13.8 Å². The van der Waals surface area contributed by atoms with Crippen LogP contribution in [0.5, 0.6) is 0 Å². The predicted molar refractivity (Wildman–Crippen MR) is 78.7 cm³/mol. The summed E-state index contributed by atoms with van der Waals surface area (Å²) in [5.41, 5.74) is 3.47. The van der Waals surface area contributed by atoms with E-state index < -0.39 is 0 Å². The van der Waals surface area contributed by atoms with Crippen molar-refractivity contribution in [1.82, 2.24) is 15.3 Å². The number of aryl methyl sites for hydroxylation is 2. The second-order valence-corrected chi connectivity index (χ2v) is 6.48. The lowest BCUT2D eigenvalue weighted by Gasteiger charge is -2.20. The van der Waals surface area contributed by atoms with E-state index in [1.807, 2.05) is 0 Å². The summed E-state index contributed by atoms with van der Waals surface area (Å²) >= 11 is 0. The largest absolute Gasteiger partial charge is 0.374 e. The number of nitrogens with one attached hydrogen (secondary N) is 1. The molecule has 1 aromatic rings. The molecule has 0 aliphatic carbocycles. The molecule has 0 amide bonds. The molecule has 110 valence electrons. The third-order valence-corrected chi connectivity index (χ3v) is 4.56. The first-order chi connectivity index (χ1) is 9.54. The van der Waals surface area contributed by atoms with Gasteiger partial charge >= 0.3 is 0 Å². The van der Waals surface area contributed by atoms with Gasteiger partial charge in [0.15, 0.2) is 0 Å². The van der Waals surface area contributed by atoms with Crippen LogP contribution < -0.4 is 5.32 Å². The third kappa shape index (κ3) is 2.59. The van der Waals surface area contributed by atoms with E-state index in [1.165, 1.54) is 18.4 Å². The van der Waals surface area contributed by atoms with E-state index in [-0.39, 0.29) is 0 Å². The second kappa shape index (κ2) is 5.41. The van der Waals surface area contributed by atoms with Gasteiger partial charge in [0.2, 0.25) is 0 Å². The number of rotatable bonds is 4. The maximum Gasteiger partial charge on any atom is 0.134 e. The summed E-state index contributed by atoms with van der Waals surface area (Å²) in [7, 11) is 0. The van der Waals surface area contributed by atoms with Crippen LogP contribution in [0.1, 0.15) is 61.8 Å². The van der Waals surface area contributed by atoms with Crippen LogP contribution in [0, 0.1) is 13.8 Å². The minimum atomic E-state index is 0.360. The molecule has 2 saturated heterocycles. The molecule has 4 nitrogen and oxygen atoms in total. The van der Waals surface area contributed by atoms with Crippen molar-refractivity contribution in [2.24, 2.45) is 0 Å². The minimum Gasteiger partial charge on any atom is -0.374 e. The summed E-state index contributed by atoms with van der Waals surface area (Å²) in [6.07, 6.45) is 4.31. The fourth-order valence-corrected chi connectivity index (χ4v) is 3.40. The van der Waals surface area contributed by atoms with Gasteiger partial charge < -0.3 is 10.1 Å². The Bertz CT molecular complexity index is 477. The molecule has 2 aliphatic rings. The molecule has 0 spiro atoms. The fourth-order valence-electron chi connectivity index (χ4n) is 3.40. The lowest BCUT2D eigenvalue weighted by molar-refractivity contribution is 0.0998. The lowest BCUT2D eigenvalue weighted by Crippen LogP contribution is -2.24. The molecule has 3 rings (SSSR count). The number of nitrogens with zero attached hydrogens (tertiary/aromatic N) is 2. The Kier molecular flexibility index (Phi) is 3.78. The highest BCUT2D eigenvalue weighted by atomic mass is 16.5. The quantitative estimate of drug-likeness (QED) is 0.917. The number of hydrogen-bond acceptors (Lipinski definition) is 4. The molecule has 0 aromatic carbocycles. The molecule has 3 heterocycles. The van der Waals surface area contributed by atoms with Crippen LogP contribution >= 0.6 is 0 Å². The monoisotopic (exact) mass is 275 g/mol. The van der Waals surface area contributed by atoms with Crippen molar-refractivity contribution in [3.8, 4) is 0 Å². The van der Waals surface area contributed by atoms with Crippen molar-refractivity contribution in [2.75, 3.05) is 0 Å². The zero-order valence-electron chi connectivity index (χ0n) is 12.9. The van der Waals surface area contributed by atoms with Crippen LogP contribution in [-0.2, 0) is 11.3 Å².